The second kappa shape index (κ2) is 6.99. The molecule has 1 unspecified atom stereocenters. The molecular weight excluding hydrogens is 252 g/mol. The van der Waals surface area contributed by atoms with E-state index < -0.39 is 0 Å². The topological polar surface area (TPSA) is 0 Å². The second-order valence-electron chi connectivity index (χ2n) is 7.90. The first-order chi connectivity index (χ1) is 10.2. The SMILES string of the molecule is Cc1ccc(C2CCC[C@@H](C3CCC(C)CC3)CC2)cc1.[HH].[HH]. The summed E-state index contributed by atoms with van der Waals surface area (Å²) in [7, 11) is 0. The van der Waals surface area contributed by atoms with Crippen molar-refractivity contribution in [2.75, 3.05) is 0 Å². The lowest BCUT2D eigenvalue weighted by Gasteiger charge is -2.32. The lowest BCUT2D eigenvalue weighted by atomic mass is 9.74. The van der Waals surface area contributed by atoms with Crippen LogP contribution in [-0.4, -0.2) is 0 Å². The van der Waals surface area contributed by atoms with Gasteiger partial charge in [0.05, 0.1) is 0 Å². The predicted molar refractivity (Wildman–Crippen MR) is 95.8 cm³/mol. The minimum absolute atomic E-state index is 0. The van der Waals surface area contributed by atoms with Crippen LogP contribution in [0, 0.1) is 24.7 Å². The highest BCUT2D eigenvalue weighted by Gasteiger charge is 2.28. The maximum Gasteiger partial charge on any atom is 0 e. The van der Waals surface area contributed by atoms with Gasteiger partial charge in [-0.3, -0.25) is 0 Å². The molecule has 1 aromatic carbocycles. The molecule has 0 spiro atoms. The summed E-state index contributed by atoms with van der Waals surface area (Å²) in [6.07, 6.45) is 13.3. The van der Waals surface area contributed by atoms with Gasteiger partial charge in [-0.05, 0) is 68.3 Å². The largest absolute Gasteiger partial charge is 0.0625 e. The summed E-state index contributed by atoms with van der Waals surface area (Å²) in [4.78, 5) is 0. The molecule has 0 nitrogen and oxygen atoms in total. The molecule has 120 valence electrons. The third-order valence-corrected chi connectivity index (χ3v) is 6.29. The number of benzene rings is 1. The van der Waals surface area contributed by atoms with Crippen LogP contribution in [0.4, 0.5) is 0 Å². The molecule has 2 saturated carbocycles. The van der Waals surface area contributed by atoms with E-state index in [4.69, 9.17) is 0 Å². The summed E-state index contributed by atoms with van der Waals surface area (Å²) < 4.78 is 0. The van der Waals surface area contributed by atoms with Crippen LogP contribution in [0.1, 0.15) is 84.6 Å². The van der Waals surface area contributed by atoms with Crippen LogP contribution in [-0.2, 0) is 0 Å². The summed E-state index contributed by atoms with van der Waals surface area (Å²) in [5.74, 6) is 3.91. The van der Waals surface area contributed by atoms with Crippen LogP contribution in [0.3, 0.4) is 0 Å². The number of hydrogen-bond acceptors (Lipinski definition) is 0. The third-order valence-electron chi connectivity index (χ3n) is 6.29. The van der Waals surface area contributed by atoms with E-state index in [9.17, 15) is 0 Å². The first-order valence-corrected chi connectivity index (χ1v) is 9.29. The molecule has 0 saturated heterocycles. The van der Waals surface area contributed by atoms with Crippen molar-refractivity contribution in [1.82, 2.24) is 0 Å². The Balaban J connectivity index is 0.00000132. The molecule has 2 aliphatic carbocycles. The molecule has 21 heavy (non-hydrogen) atoms. The Labute approximate surface area is 134 Å². The van der Waals surface area contributed by atoms with E-state index in [-0.39, 0.29) is 2.85 Å². The fraction of sp³-hybridized carbons (Fsp3) is 0.714. The molecule has 0 amide bonds. The van der Waals surface area contributed by atoms with Gasteiger partial charge in [0.2, 0.25) is 0 Å². The summed E-state index contributed by atoms with van der Waals surface area (Å²) >= 11 is 0. The molecule has 0 radical (unpaired) electrons. The van der Waals surface area contributed by atoms with E-state index >= 15 is 0 Å². The van der Waals surface area contributed by atoms with Gasteiger partial charge in [0, 0.05) is 2.85 Å². The van der Waals surface area contributed by atoms with E-state index in [1.165, 1.54) is 63.4 Å². The predicted octanol–water partition coefficient (Wildman–Crippen LogP) is 6.98. The Kier molecular flexibility index (Phi) is 5.03. The fourth-order valence-electron chi connectivity index (χ4n) is 4.73. The van der Waals surface area contributed by atoms with Crippen LogP contribution in [0.15, 0.2) is 24.3 Å². The number of hydrogen-bond donors (Lipinski definition) is 0. The summed E-state index contributed by atoms with van der Waals surface area (Å²) in [6.45, 7) is 4.63. The van der Waals surface area contributed by atoms with Crippen LogP contribution in [0.25, 0.3) is 0 Å². The van der Waals surface area contributed by atoms with Crippen molar-refractivity contribution >= 4 is 0 Å². The highest BCUT2D eigenvalue weighted by Crippen LogP contribution is 2.42. The Morgan fingerprint density at radius 1 is 0.762 bits per heavy atom. The number of rotatable bonds is 2. The van der Waals surface area contributed by atoms with Gasteiger partial charge in [0.25, 0.3) is 0 Å². The van der Waals surface area contributed by atoms with Crippen LogP contribution < -0.4 is 0 Å². The smallest absolute Gasteiger partial charge is 0 e. The molecule has 0 N–H and O–H groups in total. The molecule has 2 fully saturated rings. The summed E-state index contributed by atoms with van der Waals surface area (Å²) in [5, 5.41) is 0. The Morgan fingerprint density at radius 3 is 2.10 bits per heavy atom. The van der Waals surface area contributed by atoms with Gasteiger partial charge >= 0.3 is 0 Å². The van der Waals surface area contributed by atoms with Crippen molar-refractivity contribution < 1.29 is 2.85 Å². The van der Waals surface area contributed by atoms with Crippen molar-refractivity contribution in [2.24, 2.45) is 17.8 Å². The van der Waals surface area contributed by atoms with Gasteiger partial charge < -0.3 is 0 Å². The van der Waals surface area contributed by atoms with E-state index in [0.29, 0.717) is 0 Å². The van der Waals surface area contributed by atoms with Gasteiger partial charge in [0.15, 0.2) is 0 Å². The maximum atomic E-state index is 2.44. The number of aryl methyl sites for hydroxylation is 1. The molecule has 2 atom stereocenters. The zero-order chi connectivity index (χ0) is 14.7. The standard InChI is InChI=1S/C21H32.2H2/c1-16-6-10-20(11-7-16)18-4-3-5-19(15-14-18)21-12-8-17(2)9-13-21;;/h6-7,10-11,17-19,21H,3-5,8-9,12-15H2,1-2H3;2*1H/t17?,18?,19-,21?;;/m1../s1. The maximum absolute atomic E-state index is 2.44. The van der Waals surface area contributed by atoms with E-state index in [1.54, 1.807) is 5.56 Å². The van der Waals surface area contributed by atoms with E-state index in [1.807, 2.05) is 0 Å². The second-order valence-corrected chi connectivity index (χ2v) is 7.90. The van der Waals surface area contributed by atoms with E-state index in [2.05, 4.69) is 38.1 Å². The first-order valence-electron chi connectivity index (χ1n) is 9.29. The van der Waals surface area contributed by atoms with E-state index in [0.717, 1.165) is 23.7 Å². The van der Waals surface area contributed by atoms with Crippen molar-refractivity contribution in [1.29, 1.82) is 0 Å². The molecule has 0 heterocycles. The molecule has 2 aliphatic rings. The average molecular weight is 289 g/mol. The molecular formula is C21H36. The zero-order valence-corrected chi connectivity index (χ0v) is 14.0. The first kappa shape index (κ1) is 15.1. The highest BCUT2D eigenvalue weighted by molar-refractivity contribution is 5.24. The normalized spacial score (nSPS) is 34.4. The van der Waals surface area contributed by atoms with Gasteiger partial charge in [-0.2, -0.15) is 0 Å². The lowest BCUT2D eigenvalue weighted by Crippen LogP contribution is -2.20. The third kappa shape index (κ3) is 3.90. The zero-order valence-electron chi connectivity index (χ0n) is 14.0. The average Bonchev–Trinajstić information content (AvgIpc) is 2.75. The molecule has 0 aromatic heterocycles. The van der Waals surface area contributed by atoms with Crippen molar-refractivity contribution in [2.45, 2.75) is 77.6 Å². The minimum Gasteiger partial charge on any atom is -0.0625 e. The van der Waals surface area contributed by atoms with Gasteiger partial charge in [-0.25, -0.2) is 0 Å². The van der Waals surface area contributed by atoms with Crippen molar-refractivity contribution in [3.8, 4) is 0 Å². The monoisotopic (exact) mass is 288 g/mol. The molecule has 0 aliphatic heterocycles. The Bertz CT molecular complexity index is 432. The van der Waals surface area contributed by atoms with Crippen molar-refractivity contribution in [3.05, 3.63) is 35.4 Å². The molecule has 0 heteroatoms. The van der Waals surface area contributed by atoms with Gasteiger partial charge in [-0.1, -0.05) is 62.4 Å². The lowest BCUT2D eigenvalue weighted by molar-refractivity contribution is 0.196. The molecule has 1 aromatic rings. The summed E-state index contributed by atoms with van der Waals surface area (Å²) in [6, 6.07) is 9.34. The Hall–Kier alpha value is -0.780. The van der Waals surface area contributed by atoms with Gasteiger partial charge in [0.1, 0.15) is 0 Å². The van der Waals surface area contributed by atoms with Crippen molar-refractivity contribution in [3.63, 3.8) is 0 Å². The Morgan fingerprint density at radius 2 is 1.38 bits per heavy atom. The van der Waals surface area contributed by atoms with Gasteiger partial charge in [-0.15, -0.1) is 0 Å². The highest BCUT2D eigenvalue weighted by atomic mass is 14.3. The van der Waals surface area contributed by atoms with Crippen LogP contribution in [0.2, 0.25) is 0 Å². The van der Waals surface area contributed by atoms with Crippen LogP contribution >= 0.6 is 0 Å². The van der Waals surface area contributed by atoms with Crippen LogP contribution in [0.5, 0.6) is 0 Å². The molecule has 3 rings (SSSR count). The molecule has 0 bridgehead atoms. The quantitative estimate of drug-likeness (QED) is 0.515. The summed E-state index contributed by atoms with van der Waals surface area (Å²) in [5.41, 5.74) is 2.99. The minimum atomic E-state index is 0. The fourth-order valence-corrected chi connectivity index (χ4v) is 4.73.